The van der Waals surface area contributed by atoms with E-state index >= 15 is 0 Å². The molecule has 3 heterocycles. The summed E-state index contributed by atoms with van der Waals surface area (Å²) in [6, 6.07) is 81.9. The number of nitrogens with zero attached hydrogens (tertiary/aromatic N) is 2. The van der Waals surface area contributed by atoms with E-state index < -0.39 is 8.07 Å². The highest BCUT2D eigenvalue weighted by atomic mass is 28.3. The fourth-order valence-corrected chi connectivity index (χ4v) is 17.7. The maximum atomic E-state index is 2.69. The predicted molar refractivity (Wildman–Crippen MR) is 290 cm³/mol. The second kappa shape index (κ2) is 13.9. The molecule has 11 aromatic rings. The van der Waals surface area contributed by atoms with Gasteiger partial charge >= 0.3 is 0 Å². The Bertz CT molecular complexity index is 3780. The van der Waals surface area contributed by atoms with Crippen molar-refractivity contribution in [1.29, 1.82) is 0 Å². The van der Waals surface area contributed by atoms with E-state index in [1.807, 2.05) is 0 Å². The van der Waals surface area contributed by atoms with Gasteiger partial charge in [-0.1, -0.05) is 197 Å². The summed E-state index contributed by atoms with van der Waals surface area (Å²) in [6.07, 6.45) is 0. The van der Waals surface area contributed by atoms with Crippen LogP contribution in [0.3, 0.4) is 0 Å². The summed E-state index contributed by atoms with van der Waals surface area (Å²) >= 11 is 0. The molecule has 0 N–H and O–H groups in total. The van der Waals surface area contributed by atoms with E-state index in [0.717, 1.165) is 0 Å². The third-order valence-corrected chi connectivity index (χ3v) is 20.3. The lowest BCUT2D eigenvalue weighted by Crippen LogP contribution is -2.79. The summed E-state index contributed by atoms with van der Waals surface area (Å²) in [5.41, 5.74) is 16.6. The van der Waals surface area contributed by atoms with E-state index in [4.69, 9.17) is 0 Å². The van der Waals surface area contributed by atoms with Crippen LogP contribution in [-0.4, -0.2) is 14.8 Å². The first-order valence-corrected chi connectivity index (χ1v) is 25.8. The van der Waals surface area contributed by atoms with Crippen LogP contribution in [0, 0.1) is 6.92 Å². The monoisotopic (exact) mass is 870 g/mol. The maximum Gasteiger partial charge on any atom is 0.252 e. The van der Waals surface area contributed by atoms with Crippen molar-refractivity contribution in [2.45, 2.75) is 33.1 Å². The van der Waals surface area contributed by atoms with Crippen LogP contribution in [0.2, 0.25) is 0 Å². The molecule has 67 heavy (non-hydrogen) atoms. The molecule has 0 spiro atoms. The van der Waals surface area contributed by atoms with Gasteiger partial charge < -0.3 is 9.80 Å². The summed E-state index contributed by atoms with van der Waals surface area (Å²) < 4.78 is 0. The minimum atomic E-state index is -2.89. The SMILES string of the molecule is Cc1ccc2c(c1)N(c1cccc(C(C)(C)C)c1)c1cc(-c3ccc4ccc5cccc6ccc3c4c56)cc3c1B2c1cccc2c1N3c1ccccc1[Si]2(c1ccccc1)c1ccccc1. The zero-order chi connectivity index (χ0) is 44.8. The number of fused-ring (bicyclic) bond motifs is 6. The molecule has 0 fully saturated rings. The number of benzene rings is 11. The number of anilines is 6. The first-order chi connectivity index (χ1) is 32.8. The zero-order valence-electron chi connectivity index (χ0n) is 38.2. The third kappa shape index (κ3) is 5.28. The molecule has 316 valence electrons. The first kappa shape index (κ1) is 38.6. The second-order valence-electron chi connectivity index (χ2n) is 20.1. The van der Waals surface area contributed by atoms with Crippen molar-refractivity contribution in [3.05, 3.63) is 223 Å². The number of para-hydroxylation sites is 2. The summed E-state index contributed by atoms with van der Waals surface area (Å²) in [4.78, 5) is 5.29. The Balaban J connectivity index is 1.14. The van der Waals surface area contributed by atoms with E-state index in [1.54, 1.807) is 0 Å². The molecule has 3 aliphatic rings. The van der Waals surface area contributed by atoms with Crippen LogP contribution < -0.4 is 46.9 Å². The van der Waals surface area contributed by atoms with Crippen LogP contribution in [0.1, 0.15) is 31.9 Å². The second-order valence-corrected chi connectivity index (χ2v) is 23.8. The standard InChI is InChI=1S/C63H47BN2Si/c1-40-28-35-51-54(36-40)65(46-19-14-18-45(39-46)63(2,3)4)55-37-44(49-33-31-43-30-29-41-16-13-17-42-32-34-50(49)60(43)59(41)42)38-56-61(55)64(51)52-24-15-27-58-62(52)66(56)53-25-11-12-26-57(53)67(58,47-20-7-5-8-21-47)48-22-9-6-10-23-48/h5-39H,1-4H3. The van der Waals surface area contributed by atoms with Crippen LogP contribution in [0.5, 0.6) is 0 Å². The van der Waals surface area contributed by atoms with Gasteiger partial charge in [-0.05, 0) is 140 Å². The Hall–Kier alpha value is -7.66. The van der Waals surface area contributed by atoms with E-state index in [2.05, 4.69) is 250 Å². The zero-order valence-corrected chi connectivity index (χ0v) is 39.2. The van der Waals surface area contributed by atoms with Crippen molar-refractivity contribution < 1.29 is 0 Å². The molecule has 0 saturated carbocycles. The molecule has 11 aromatic carbocycles. The van der Waals surface area contributed by atoms with Gasteiger partial charge in [0.05, 0.1) is 0 Å². The molecule has 0 saturated heterocycles. The third-order valence-electron chi connectivity index (χ3n) is 15.4. The quantitative estimate of drug-likeness (QED) is 0.128. The lowest BCUT2D eigenvalue weighted by molar-refractivity contribution is 0.590. The van der Waals surface area contributed by atoms with Gasteiger partial charge in [-0.25, -0.2) is 0 Å². The lowest BCUT2D eigenvalue weighted by Gasteiger charge is -2.51. The van der Waals surface area contributed by atoms with Gasteiger partial charge in [0, 0.05) is 34.1 Å². The molecule has 4 heteroatoms. The molecule has 0 aromatic heterocycles. The summed E-state index contributed by atoms with van der Waals surface area (Å²) in [5.74, 6) is 0. The highest BCUT2D eigenvalue weighted by molar-refractivity contribution is 7.22. The van der Waals surface area contributed by atoms with E-state index in [9.17, 15) is 0 Å². The minimum absolute atomic E-state index is 0.00719. The van der Waals surface area contributed by atoms with Crippen molar-refractivity contribution in [3.8, 4) is 11.1 Å². The van der Waals surface area contributed by atoms with Gasteiger partial charge in [-0.2, -0.15) is 0 Å². The normalized spacial score (nSPS) is 14.3. The van der Waals surface area contributed by atoms with Gasteiger partial charge in [0.1, 0.15) is 0 Å². The summed E-state index contributed by atoms with van der Waals surface area (Å²) in [5, 5.41) is 13.5. The molecule has 0 unspecified atom stereocenters. The van der Waals surface area contributed by atoms with Crippen LogP contribution >= 0.6 is 0 Å². The molecule has 0 radical (unpaired) electrons. The van der Waals surface area contributed by atoms with Gasteiger partial charge in [-0.15, -0.1) is 0 Å². The Morgan fingerprint density at radius 3 is 1.82 bits per heavy atom. The molecule has 0 atom stereocenters. The molecular formula is C63H47BN2Si. The van der Waals surface area contributed by atoms with Gasteiger partial charge in [0.25, 0.3) is 6.71 Å². The van der Waals surface area contributed by atoms with Crippen molar-refractivity contribution >= 4 is 118 Å². The smallest absolute Gasteiger partial charge is 0.252 e. The maximum absolute atomic E-state index is 2.89. The van der Waals surface area contributed by atoms with Crippen LogP contribution in [0.4, 0.5) is 34.1 Å². The number of hydrogen-bond acceptors (Lipinski definition) is 2. The molecular weight excluding hydrogens is 824 g/mol. The van der Waals surface area contributed by atoms with Gasteiger partial charge in [-0.3, -0.25) is 0 Å². The van der Waals surface area contributed by atoms with E-state index in [-0.39, 0.29) is 12.1 Å². The van der Waals surface area contributed by atoms with Gasteiger partial charge in [0.2, 0.25) is 0 Å². The highest BCUT2D eigenvalue weighted by Crippen LogP contribution is 2.49. The first-order valence-electron chi connectivity index (χ1n) is 23.8. The van der Waals surface area contributed by atoms with Crippen molar-refractivity contribution in [1.82, 2.24) is 0 Å². The minimum Gasteiger partial charge on any atom is -0.312 e. The van der Waals surface area contributed by atoms with Crippen LogP contribution in [0.15, 0.2) is 212 Å². The molecule has 0 amide bonds. The average molecular weight is 871 g/mol. The van der Waals surface area contributed by atoms with E-state index in [0.29, 0.717) is 0 Å². The van der Waals surface area contributed by atoms with E-state index in [1.165, 1.54) is 126 Å². The number of aryl methyl sites for hydroxylation is 1. The molecule has 2 nitrogen and oxygen atoms in total. The van der Waals surface area contributed by atoms with Crippen LogP contribution in [0.25, 0.3) is 43.4 Å². The largest absolute Gasteiger partial charge is 0.312 e. The van der Waals surface area contributed by atoms with Crippen molar-refractivity contribution in [2.75, 3.05) is 9.80 Å². The Kier molecular flexibility index (Phi) is 8.03. The Morgan fingerprint density at radius 1 is 0.448 bits per heavy atom. The lowest BCUT2D eigenvalue weighted by atomic mass is 9.33. The highest BCUT2D eigenvalue weighted by Gasteiger charge is 2.53. The molecule has 0 aliphatic carbocycles. The summed E-state index contributed by atoms with van der Waals surface area (Å²) in [7, 11) is -2.89. The Labute approximate surface area is 393 Å². The van der Waals surface area contributed by atoms with Crippen molar-refractivity contribution in [3.63, 3.8) is 0 Å². The fourth-order valence-electron chi connectivity index (χ4n) is 12.5. The van der Waals surface area contributed by atoms with Gasteiger partial charge in [0.15, 0.2) is 8.07 Å². The number of rotatable bonds is 4. The molecule has 14 rings (SSSR count). The predicted octanol–water partition coefficient (Wildman–Crippen LogP) is 11.6. The average Bonchev–Trinajstić information content (AvgIpc) is 3.36. The molecule has 0 bridgehead atoms. The topological polar surface area (TPSA) is 6.48 Å². The molecule has 3 aliphatic heterocycles. The number of hydrogen-bond donors (Lipinski definition) is 0. The van der Waals surface area contributed by atoms with Crippen molar-refractivity contribution in [2.24, 2.45) is 0 Å². The fraction of sp³-hybridized carbons (Fsp3) is 0.0794. The van der Waals surface area contributed by atoms with Crippen LogP contribution in [-0.2, 0) is 5.41 Å². The summed E-state index contributed by atoms with van der Waals surface area (Å²) in [6.45, 7) is 9.22. The Morgan fingerprint density at radius 2 is 1.07 bits per heavy atom.